The van der Waals surface area contributed by atoms with Gasteiger partial charge in [-0.3, -0.25) is 4.79 Å². The quantitative estimate of drug-likeness (QED) is 0.297. The molecule has 102 valence electrons. The Morgan fingerprint density at radius 2 is 1.60 bits per heavy atom. The number of phenols is 3. The van der Waals surface area contributed by atoms with Crippen LogP contribution in [0, 0.1) is 0 Å². The molecule has 0 radical (unpaired) electrons. The molecule has 0 aliphatic rings. The fraction of sp³-hybridized carbons (Fsp3) is 0. The van der Waals surface area contributed by atoms with Crippen molar-refractivity contribution in [3.05, 3.63) is 53.6 Å². The van der Waals surface area contributed by atoms with Gasteiger partial charge in [-0.25, -0.2) is 0 Å². The molecule has 0 spiro atoms. The summed E-state index contributed by atoms with van der Waals surface area (Å²) >= 11 is 0. The number of rotatable bonds is 3. The van der Waals surface area contributed by atoms with Gasteiger partial charge in [0.1, 0.15) is 0 Å². The van der Waals surface area contributed by atoms with Crippen LogP contribution in [0.2, 0.25) is 0 Å². The lowest BCUT2D eigenvalue weighted by atomic mass is 10.1. The molecule has 0 saturated heterocycles. The van der Waals surface area contributed by atoms with Crippen molar-refractivity contribution in [2.24, 2.45) is 0 Å². The van der Waals surface area contributed by atoms with E-state index in [1.807, 2.05) is 0 Å². The Bertz CT molecular complexity index is 675. The topological polar surface area (TPSA) is 104 Å². The third-order valence-corrected chi connectivity index (χ3v) is 2.76. The van der Waals surface area contributed by atoms with Gasteiger partial charge in [0.25, 0.3) is 0 Å². The lowest BCUT2D eigenvalue weighted by Gasteiger charge is -2.04. The third-order valence-electron chi connectivity index (χ3n) is 2.76. The van der Waals surface area contributed by atoms with E-state index in [4.69, 9.17) is 5.73 Å². The van der Waals surface area contributed by atoms with Gasteiger partial charge < -0.3 is 21.1 Å². The van der Waals surface area contributed by atoms with Crippen molar-refractivity contribution < 1.29 is 20.1 Å². The van der Waals surface area contributed by atoms with Gasteiger partial charge in [0.2, 0.25) is 5.75 Å². The molecule has 0 atom stereocenters. The molecule has 0 fully saturated rings. The van der Waals surface area contributed by atoms with E-state index >= 15 is 0 Å². The summed E-state index contributed by atoms with van der Waals surface area (Å²) in [5, 5.41) is 28.2. The highest BCUT2D eigenvalue weighted by molar-refractivity contribution is 6.09. The van der Waals surface area contributed by atoms with Crippen LogP contribution in [0.3, 0.4) is 0 Å². The number of allylic oxidation sites excluding steroid dienone is 1. The molecule has 0 aliphatic carbocycles. The Hall–Kier alpha value is -2.95. The first kappa shape index (κ1) is 13.5. The molecule has 0 amide bonds. The Kier molecular flexibility index (Phi) is 3.61. The fourth-order valence-electron chi connectivity index (χ4n) is 1.64. The Balaban J connectivity index is 2.24. The average Bonchev–Trinajstić information content (AvgIpc) is 2.44. The van der Waals surface area contributed by atoms with Crippen molar-refractivity contribution >= 4 is 17.5 Å². The monoisotopic (exact) mass is 271 g/mol. The molecule has 0 aliphatic heterocycles. The molecular weight excluding hydrogens is 258 g/mol. The lowest BCUT2D eigenvalue weighted by molar-refractivity contribution is 0.104. The first-order valence-corrected chi connectivity index (χ1v) is 5.81. The first-order valence-electron chi connectivity index (χ1n) is 5.81. The number of anilines is 1. The van der Waals surface area contributed by atoms with Crippen molar-refractivity contribution in [3.63, 3.8) is 0 Å². The number of phenolic OH excluding ortho intramolecular Hbond substituents is 3. The summed E-state index contributed by atoms with van der Waals surface area (Å²) < 4.78 is 0. The van der Waals surface area contributed by atoms with Crippen molar-refractivity contribution in [2.75, 3.05) is 5.73 Å². The van der Waals surface area contributed by atoms with Gasteiger partial charge in [0.05, 0.1) is 5.56 Å². The SMILES string of the molecule is Nc1ccc(C=CC(=O)c2ccc(O)c(O)c2O)cc1. The molecule has 0 bridgehead atoms. The molecule has 2 aromatic carbocycles. The minimum atomic E-state index is -0.711. The van der Waals surface area contributed by atoms with Gasteiger partial charge in [-0.1, -0.05) is 18.2 Å². The van der Waals surface area contributed by atoms with E-state index in [9.17, 15) is 20.1 Å². The number of carbonyl (C=O) groups is 1. The minimum Gasteiger partial charge on any atom is -0.504 e. The predicted molar refractivity (Wildman–Crippen MR) is 75.7 cm³/mol. The summed E-state index contributed by atoms with van der Waals surface area (Å²) in [5.74, 6) is -2.33. The van der Waals surface area contributed by atoms with E-state index in [2.05, 4.69) is 0 Å². The van der Waals surface area contributed by atoms with Crippen LogP contribution in [0.15, 0.2) is 42.5 Å². The van der Waals surface area contributed by atoms with Crippen LogP contribution in [0.4, 0.5) is 5.69 Å². The zero-order valence-corrected chi connectivity index (χ0v) is 10.4. The summed E-state index contributed by atoms with van der Waals surface area (Å²) in [6, 6.07) is 9.27. The van der Waals surface area contributed by atoms with E-state index in [1.54, 1.807) is 30.3 Å². The maximum Gasteiger partial charge on any atom is 0.201 e. The zero-order valence-electron chi connectivity index (χ0n) is 10.4. The van der Waals surface area contributed by atoms with E-state index in [0.29, 0.717) is 5.69 Å². The number of ketones is 1. The van der Waals surface area contributed by atoms with Crippen molar-refractivity contribution in [3.8, 4) is 17.2 Å². The third kappa shape index (κ3) is 2.72. The van der Waals surface area contributed by atoms with Crippen LogP contribution in [0.25, 0.3) is 6.08 Å². The number of hydrogen-bond acceptors (Lipinski definition) is 5. The second-order valence-electron chi connectivity index (χ2n) is 4.19. The molecule has 0 aromatic heterocycles. The van der Waals surface area contributed by atoms with Gasteiger partial charge >= 0.3 is 0 Å². The molecule has 2 rings (SSSR count). The van der Waals surface area contributed by atoms with Gasteiger partial charge in [-0.2, -0.15) is 0 Å². The maximum absolute atomic E-state index is 11.9. The maximum atomic E-state index is 11.9. The van der Waals surface area contributed by atoms with Crippen molar-refractivity contribution in [2.45, 2.75) is 0 Å². The summed E-state index contributed by atoms with van der Waals surface area (Å²) in [5.41, 5.74) is 6.85. The highest BCUT2D eigenvalue weighted by Crippen LogP contribution is 2.37. The summed E-state index contributed by atoms with van der Waals surface area (Å²) in [7, 11) is 0. The Morgan fingerprint density at radius 1 is 0.950 bits per heavy atom. The van der Waals surface area contributed by atoms with Crippen molar-refractivity contribution in [1.29, 1.82) is 0 Å². The van der Waals surface area contributed by atoms with E-state index in [1.165, 1.54) is 12.1 Å². The van der Waals surface area contributed by atoms with Crippen LogP contribution < -0.4 is 5.73 Å². The number of nitrogen functional groups attached to an aromatic ring is 1. The second-order valence-corrected chi connectivity index (χ2v) is 4.19. The number of nitrogens with two attached hydrogens (primary N) is 1. The number of benzene rings is 2. The van der Waals surface area contributed by atoms with Gasteiger partial charge in [0.15, 0.2) is 17.3 Å². The van der Waals surface area contributed by atoms with Gasteiger partial charge in [-0.05, 0) is 35.9 Å². The molecule has 5 heteroatoms. The fourth-order valence-corrected chi connectivity index (χ4v) is 1.64. The lowest BCUT2D eigenvalue weighted by Crippen LogP contribution is -1.95. The summed E-state index contributed by atoms with van der Waals surface area (Å²) in [4.78, 5) is 11.9. The predicted octanol–water partition coefficient (Wildman–Crippen LogP) is 2.28. The normalized spacial score (nSPS) is 10.8. The molecule has 0 saturated carbocycles. The molecule has 20 heavy (non-hydrogen) atoms. The zero-order chi connectivity index (χ0) is 14.7. The van der Waals surface area contributed by atoms with Gasteiger partial charge in [-0.15, -0.1) is 0 Å². The Morgan fingerprint density at radius 3 is 2.25 bits per heavy atom. The van der Waals surface area contributed by atoms with Crippen LogP contribution in [0.5, 0.6) is 17.2 Å². The molecule has 5 N–H and O–H groups in total. The smallest absolute Gasteiger partial charge is 0.201 e. The number of aromatic hydroxyl groups is 3. The highest BCUT2D eigenvalue weighted by atomic mass is 16.3. The van der Waals surface area contributed by atoms with E-state index < -0.39 is 23.0 Å². The standard InChI is InChI=1S/C15H13NO4/c16-10-4-1-9(2-5-10)3-7-12(17)11-6-8-13(18)15(20)14(11)19/h1-8,18-20H,16H2. The average molecular weight is 271 g/mol. The molecule has 5 nitrogen and oxygen atoms in total. The largest absolute Gasteiger partial charge is 0.504 e. The molecule has 0 heterocycles. The highest BCUT2D eigenvalue weighted by Gasteiger charge is 2.15. The Labute approximate surface area is 115 Å². The number of carbonyl (C=O) groups excluding carboxylic acids is 1. The summed E-state index contributed by atoms with van der Waals surface area (Å²) in [6.45, 7) is 0. The summed E-state index contributed by atoms with van der Waals surface area (Å²) in [6.07, 6.45) is 2.82. The molecule has 2 aromatic rings. The molecular formula is C15H13NO4. The van der Waals surface area contributed by atoms with Crippen LogP contribution in [0.1, 0.15) is 15.9 Å². The van der Waals surface area contributed by atoms with E-state index in [0.717, 1.165) is 11.6 Å². The van der Waals surface area contributed by atoms with Crippen LogP contribution in [-0.4, -0.2) is 21.1 Å². The number of hydrogen-bond donors (Lipinski definition) is 4. The van der Waals surface area contributed by atoms with E-state index in [-0.39, 0.29) is 5.56 Å². The molecule has 0 unspecified atom stereocenters. The first-order chi connectivity index (χ1) is 9.49. The minimum absolute atomic E-state index is 0.0907. The van der Waals surface area contributed by atoms with Gasteiger partial charge in [0, 0.05) is 5.69 Å². The van der Waals surface area contributed by atoms with Crippen LogP contribution >= 0.6 is 0 Å². The van der Waals surface area contributed by atoms with Crippen molar-refractivity contribution in [1.82, 2.24) is 0 Å². The second kappa shape index (κ2) is 5.36. The van der Waals surface area contributed by atoms with Crippen LogP contribution in [-0.2, 0) is 0 Å².